The molecule has 0 aromatic carbocycles. The molecule has 1 aliphatic carbocycles. The van der Waals surface area contributed by atoms with Crippen LogP contribution in [-0.4, -0.2) is 76.5 Å². The molecule has 4 atom stereocenters. The van der Waals surface area contributed by atoms with Crippen LogP contribution in [0.5, 0.6) is 0 Å². The third-order valence-corrected chi connectivity index (χ3v) is 6.26. The summed E-state index contributed by atoms with van der Waals surface area (Å²) in [6.45, 7) is 7.72. The Bertz CT molecular complexity index is 374. The van der Waals surface area contributed by atoms with Gasteiger partial charge in [-0.3, -0.25) is 0 Å². The van der Waals surface area contributed by atoms with E-state index in [9.17, 15) is 0 Å². The van der Waals surface area contributed by atoms with Gasteiger partial charge in [0.25, 0.3) is 0 Å². The van der Waals surface area contributed by atoms with Crippen molar-refractivity contribution in [2.45, 2.75) is 75.5 Å². The minimum Gasteiger partial charge on any atom is -0.330 e. The van der Waals surface area contributed by atoms with Crippen LogP contribution in [0, 0.1) is 0 Å². The number of hydrogen-bond donors (Lipinski definition) is 7. The van der Waals surface area contributed by atoms with Crippen LogP contribution in [-0.2, 0) is 0 Å². The standard InChI is InChI=1S/C20H44ClN7/c21-28-10-4-6-18-16-27-20-8-2-1-7-19(20)25-14-12-23-11-13-24-17(15-26-18)5-3-9-22/h17-20,23-28H,1-16,22H2/t17-,18+,19-,20-/m1/s1. The second-order valence-electron chi connectivity index (χ2n) is 8.32. The number of halogens is 1. The molecule has 2 fully saturated rings. The van der Waals surface area contributed by atoms with Gasteiger partial charge in [-0.15, -0.1) is 0 Å². The van der Waals surface area contributed by atoms with Crippen LogP contribution in [0.15, 0.2) is 0 Å². The van der Waals surface area contributed by atoms with Crippen molar-refractivity contribution in [3.05, 3.63) is 0 Å². The predicted molar refractivity (Wildman–Crippen MR) is 120 cm³/mol. The maximum atomic E-state index is 5.75. The highest BCUT2D eigenvalue weighted by molar-refractivity contribution is 6.13. The molecule has 0 unspecified atom stereocenters. The van der Waals surface area contributed by atoms with Gasteiger partial charge in [-0.05, 0) is 56.8 Å². The maximum absolute atomic E-state index is 5.75. The van der Waals surface area contributed by atoms with Crippen molar-refractivity contribution in [3.8, 4) is 0 Å². The number of rotatable bonds is 7. The zero-order valence-corrected chi connectivity index (χ0v) is 18.3. The fourth-order valence-electron chi connectivity index (χ4n) is 4.39. The zero-order valence-electron chi connectivity index (χ0n) is 17.6. The molecular weight excluding hydrogens is 374 g/mol. The Morgan fingerprint density at radius 1 is 0.786 bits per heavy atom. The van der Waals surface area contributed by atoms with Gasteiger partial charge in [-0.2, -0.15) is 0 Å². The highest BCUT2D eigenvalue weighted by Gasteiger charge is 2.25. The molecule has 1 saturated carbocycles. The normalized spacial score (nSPS) is 31.5. The maximum Gasteiger partial charge on any atom is 0.0221 e. The Labute approximate surface area is 177 Å². The lowest BCUT2D eigenvalue weighted by Crippen LogP contribution is -2.54. The minimum absolute atomic E-state index is 0.470. The first-order valence-corrected chi connectivity index (χ1v) is 11.9. The van der Waals surface area contributed by atoms with Crippen LogP contribution in [0.4, 0.5) is 0 Å². The average Bonchev–Trinajstić information content (AvgIpc) is 2.72. The Kier molecular flexibility index (Phi) is 13.7. The van der Waals surface area contributed by atoms with Gasteiger partial charge in [0.05, 0.1) is 0 Å². The van der Waals surface area contributed by atoms with Gasteiger partial charge < -0.3 is 32.3 Å². The molecule has 1 aliphatic heterocycles. The molecule has 0 aromatic heterocycles. The largest absolute Gasteiger partial charge is 0.330 e. The summed E-state index contributed by atoms with van der Waals surface area (Å²) in [5, 5.41) is 18.8. The summed E-state index contributed by atoms with van der Waals surface area (Å²) in [6.07, 6.45) is 9.66. The highest BCUT2D eigenvalue weighted by atomic mass is 35.5. The molecule has 2 rings (SSSR count). The zero-order chi connectivity index (χ0) is 19.9. The van der Waals surface area contributed by atoms with E-state index in [2.05, 4.69) is 31.4 Å². The lowest BCUT2D eigenvalue weighted by atomic mass is 9.90. The molecular formula is C20H44ClN7. The van der Waals surface area contributed by atoms with Crippen molar-refractivity contribution in [1.29, 1.82) is 0 Å². The summed E-state index contributed by atoms with van der Waals surface area (Å²) < 4.78 is 0. The molecule has 166 valence electrons. The number of hydrogen-bond acceptors (Lipinski definition) is 7. The molecule has 2 aliphatic rings. The summed E-state index contributed by atoms with van der Waals surface area (Å²) in [6, 6.07) is 2.13. The molecule has 8 N–H and O–H groups in total. The van der Waals surface area contributed by atoms with E-state index in [-0.39, 0.29) is 0 Å². The van der Waals surface area contributed by atoms with Gasteiger partial charge in [0.1, 0.15) is 0 Å². The Morgan fingerprint density at radius 2 is 1.43 bits per heavy atom. The van der Waals surface area contributed by atoms with Gasteiger partial charge in [-0.25, -0.2) is 4.84 Å². The molecule has 0 amide bonds. The number of fused-ring (bicyclic) bond motifs is 1. The summed E-state index contributed by atoms with van der Waals surface area (Å²) in [5.41, 5.74) is 5.75. The van der Waals surface area contributed by atoms with Crippen LogP contribution < -0.4 is 37.2 Å². The molecule has 1 saturated heterocycles. The third kappa shape index (κ3) is 10.2. The lowest BCUT2D eigenvalue weighted by Gasteiger charge is -2.34. The van der Waals surface area contributed by atoms with Gasteiger partial charge in [0, 0.05) is 70.0 Å². The molecule has 8 heteroatoms. The van der Waals surface area contributed by atoms with E-state index in [1.807, 2.05) is 0 Å². The summed E-state index contributed by atoms with van der Waals surface area (Å²) >= 11 is 5.66. The van der Waals surface area contributed by atoms with E-state index < -0.39 is 0 Å². The second-order valence-corrected chi connectivity index (χ2v) is 8.59. The number of nitrogens with one attached hydrogen (secondary N) is 6. The van der Waals surface area contributed by atoms with Crippen LogP contribution in [0.2, 0.25) is 0 Å². The predicted octanol–water partition coefficient (Wildman–Crippen LogP) is 0.259. The van der Waals surface area contributed by atoms with E-state index >= 15 is 0 Å². The Balaban J connectivity index is 1.93. The van der Waals surface area contributed by atoms with E-state index in [0.717, 1.165) is 78.0 Å². The Morgan fingerprint density at radius 3 is 2.18 bits per heavy atom. The van der Waals surface area contributed by atoms with Crippen molar-refractivity contribution in [2.24, 2.45) is 5.73 Å². The van der Waals surface area contributed by atoms with E-state index in [1.165, 1.54) is 25.7 Å². The van der Waals surface area contributed by atoms with Crippen molar-refractivity contribution < 1.29 is 0 Å². The smallest absolute Gasteiger partial charge is 0.0221 e. The van der Waals surface area contributed by atoms with E-state index in [0.29, 0.717) is 24.2 Å². The van der Waals surface area contributed by atoms with Gasteiger partial charge in [0.2, 0.25) is 0 Å². The molecule has 1 heterocycles. The van der Waals surface area contributed by atoms with Gasteiger partial charge in [0.15, 0.2) is 0 Å². The molecule has 7 nitrogen and oxygen atoms in total. The minimum atomic E-state index is 0.470. The quantitative estimate of drug-likeness (QED) is 0.236. The molecule has 0 aromatic rings. The van der Waals surface area contributed by atoms with Gasteiger partial charge >= 0.3 is 0 Å². The van der Waals surface area contributed by atoms with Crippen molar-refractivity contribution in [1.82, 2.24) is 31.4 Å². The third-order valence-electron chi connectivity index (χ3n) is 6.07. The van der Waals surface area contributed by atoms with Crippen molar-refractivity contribution >= 4 is 11.8 Å². The summed E-state index contributed by atoms with van der Waals surface area (Å²) in [7, 11) is 0. The van der Waals surface area contributed by atoms with E-state index in [1.54, 1.807) is 0 Å². The topological polar surface area (TPSA) is 98.2 Å². The van der Waals surface area contributed by atoms with Crippen LogP contribution >= 0.6 is 11.8 Å². The number of nitrogens with two attached hydrogens (primary N) is 1. The summed E-state index contributed by atoms with van der Waals surface area (Å²) in [4.78, 5) is 2.76. The summed E-state index contributed by atoms with van der Waals surface area (Å²) in [5.74, 6) is 0. The van der Waals surface area contributed by atoms with Crippen LogP contribution in [0.3, 0.4) is 0 Å². The lowest BCUT2D eigenvalue weighted by molar-refractivity contribution is 0.272. The fraction of sp³-hybridized carbons (Fsp3) is 1.00. The molecule has 0 radical (unpaired) electrons. The fourth-order valence-corrected chi connectivity index (χ4v) is 4.52. The van der Waals surface area contributed by atoms with Gasteiger partial charge in [-0.1, -0.05) is 12.8 Å². The first-order valence-electron chi connectivity index (χ1n) is 11.5. The first kappa shape index (κ1) is 24.3. The molecule has 0 bridgehead atoms. The highest BCUT2D eigenvalue weighted by Crippen LogP contribution is 2.18. The molecule has 28 heavy (non-hydrogen) atoms. The monoisotopic (exact) mass is 417 g/mol. The van der Waals surface area contributed by atoms with Crippen molar-refractivity contribution in [3.63, 3.8) is 0 Å². The van der Waals surface area contributed by atoms with Crippen LogP contribution in [0.1, 0.15) is 51.4 Å². The Hall–Kier alpha value is 0.01000. The SMILES string of the molecule is NCCC[C@@H]1CN[C@@H](CCCNCl)CN[C@@H]2CCCC[C@H]2NCCNCCN1. The van der Waals surface area contributed by atoms with Crippen LogP contribution in [0.25, 0.3) is 0 Å². The average molecular weight is 418 g/mol. The second kappa shape index (κ2) is 15.8. The van der Waals surface area contributed by atoms with E-state index in [4.69, 9.17) is 17.5 Å². The first-order chi connectivity index (χ1) is 13.8. The molecule has 0 spiro atoms. The van der Waals surface area contributed by atoms with Crippen molar-refractivity contribution in [2.75, 3.05) is 52.4 Å².